The zero-order valence-electron chi connectivity index (χ0n) is 13.2. The first kappa shape index (κ1) is 18.0. The fraction of sp³-hybridized carbons (Fsp3) is 0.875. The van der Waals surface area contributed by atoms with Gasteiger partial charge in [-0.3, -0.25) is 9.59 Å². The largest absolute Gasteiger partial charge is 0.481 e. The van der Waals surface area contributed by atoms with Crippen molar-refractivity contribution >= 4 is 11.9 Å². The summed E-state index contributed by atoms with van der Waals surface area (Å²) in [5.41, 5.74) is 4.81. The molecule has 1 saturated carbocycles. The normalized spacial score (nSPS) is 19.0. The predicted molar refractivity (Wildman–Crippen MR) is 82.8 cm³/mol. The zero-order chi connectivity index (χ0) is 15.7. The van der Waals surface area contributed by atoms with Gasteiger partial charge in [-0.05, 0) is 38.1 Å². The molecule has 0 aromatic carbocycles. The first-order chi connectivity index (χ1) is 10.0. The van der Waals surface area contributed by atoms with Crippen LogP contribution in [0.25, 0.3) is 0 Å². The van der Waals surface area contributed by atoms with Crippen LogP contribution in [-0.2, 0) is 9.59 Å². The molecule has 1 fully saturated rings. The SMILES string of the molecule is CCC(CCN)CCC(=O)NCC1(C(=O)O)CCCCC1. The number of hydrogen-bond acceptors (Lipinski definition) is 3. The van der Waals surface area contributed by atoms with E-state index >= 15 is 0 Å². The third kappa shape index (κ3) is 5.65. The quantitative estimate of drug-likeness (QED) is 0.609. The molecule has 0 spiro atoms. The molecule has 1 amide bonds. The number of carbonyl (C=O) groups is 2. The first-order valence-electron chi connectivity index (χ1n) is 8.24. The van der Waals surface area contributed by atoms with E-state index in [1.54, 1.807) is 0 Å². The average Bonchev–Trinajstić information content (AvgIpc) is 2.50. The maximum Gasteiger partial charge on any atom is 0.311 e. The molecule has 5 heteroatoms. The summed E-state index contributed by atoms with van der Waals surface area (Å²) in [6, 6.07) is 0. The van der Waals surface area contributed by atoms with Crippen LogP contribution in [0.15, 0.2) is 0 Å². The van der Waals surface area contributed by atoms with Crippen LogP contribution in [0.5, 0.6) is 0 Å². The predicted octanol–water partition coefficient (Wildman–Crippen LogP) is 2.29. The zero-order valence-corrected chi connectivity index (χ0v) is 13.2. The highest BCUT2D eigenvalue weighted by molar-refractivity contribution is 5.79. The molecule has 1 aliphatic carbocycles. The van der Waals surface area contributed by atoms with Crippen LogP contribution >= 0.6 is 0 Å². The standard InChI is InChI=1S/C16H30N2O3/c1-2-13(8-11-17)6-7-14(19)18-12-16(15(20)21)9-4-3-5-10-16/h13H,2-12,17H2,1H3,(H,18,19)(H,20,21). The van der Waals surface area contributed by atoms with Gasteiger partial charge in [-0.1, -0.05) is 32.6 Å². The maximum absolute atomic E-state index is 11.9. The molecule has 21 heavy (non-hydrogen) atoms. The molecule has 0 aromatic heterocycles. The van der Waals surface area contributed by atoms with Crippen molar-refractivity contribution < 1.29 is 14.7 Å². The molecule has 5 nitrogen and oxygen atoms in total. The average molecular weight is 298 g/mol. The van der Waals surface area contributed by atoms with Crippen molar-refractivity contribution in [3.05, 3.63) is 0 Å². The lowest BCUT2D eigenvalue weighted by Crippen LogP contribution is -2.44. The van der Waals surface area contributed by atoms with Crippen molar-refractivity contribution in [1.82, 2.24) is 5.32 Å². The van der Waals surface area contributed by atoms with Crippen LogP contribution < -0.4 is 11.1 Å². The van der Waals surface area contributed by atoms with Gasteiger partial charge < -0.3 is 16.2 Å². The van der Waals surface area contributed by atoms with E-state index in [2.05, 4.69) is 12.2 Å². The van der Waals surface area contributed by atoms with Crippen molar-refractivity contribution in [2.75, 3.05) is 13.1 Å². The second-order valence-electron chi connectivity index (χ2n) is 6.31. The Morgan fingerprint density at radius 2 is 1.90 bits per heavy atom. The molecule has 0 heterocycles. The van der Waals surface area contributed by atoms with E-state index in [0.717, 1.165) is 38.5 Å². The number of carbonyl (C=O) groups excluding carboxylic acids is 1. The lowest BCUT2D eigenvalue weighted by molar-refractivity contribution is -0.151. The number of aliphatic carboxylic acids is 1. The molecule has 0 saturated heterocycles. The van der Waals surface area contributed by atoms with Crippen LogP contribution in [0.4, 0.5) is 0 Å². The summed E-state index contributed by atoms with van der Waals surface area (Å²) in [6.07, 6.45) is 7.61. The van der Waals surface area contributed by atoms with Gasteiger partial charge in [-0.25, -0.2) is 0 Å². The van der Waals surface area contributed by atoms with Crippen LogP contribution in [0.2, 0.25) is 0 Å². The third-order valence-corrected chi connectivity index (χ3v) is 4.82. The smallest absolute Gasteiger partial charge is 0.311 e. The summed E-state index contributed by atoms with van der Waals surface area (Å²) in [7, 11) is 0. The Bertz CT molecular complexity index is 338. The second kappa shape index (κ2) is 9.03. The van der Waals surface area contributed by atoms with Crippen molar-refractivity contribution in [1.29, 1.82) is 0 Å². The Labute approximate surface area is 127 Å². The van der Waals surface area contributed by atoms with Crippen LogP contribution in [0.3, 0.4) is 0 Å². The molecule has 0 aliphatic heterocycles. The summed E-state index contributed by atoms with van der Waals surface area (Å²) in [4.78, 5) is 23.5. The molecule has 1 aliphatic rings. The number of rotatable bonds is 9. The van der Waals surface area contributed by atoms with Gasteiger partial charge in [0, 0.05) is 13.0 Å². The van der Waals surface area contributed by atoms with E-state index in [1.807, 2.05) is 0 Å². The second-order valence-corrected chi connectivity index (χ2v) is 6.31. The Morgan fingerprint density at radius 3 is 2.43 bits per heavy atom. The summed E-state index contributed by atoms with van der Waals surface area (Å²) >= 11 is 0. The topological polar surface area (TPSA) is 92.4 Å². The number of carboxylic acid groups (broad SMARTS) is 1. The summed E-state index contributed by atoms with van der Waals surface area (Å²) in [6.45, 7) is 3.04. The van der Waals surface area contributed by atoms with Gasteiger partial charge in [-0.15, -0.1) is 0 Å². The van der Waals surface area contributed by atoms with Crippen LogP contribution in [0, 0.1) is 11.3 Å². The van der Waals surface area contributed by atoms with Crippen molar-refractivity contribution in [2.45, 2.75) is 64.7 Å². The Balaban J connectivity index is 2.38. The molecule has 0 bridgehead atoms. The van der Waals surface area contributed by atoms with Gasteiger partial charge in [0.15, 0.2) is 0 Å². The number of nitrogens with one attached hydrogen (secondary N) is 1. The highest BCUT2D eigenvalue weighted by atomic mass is 16.4. The number of nitrogens with two attached hydrogens (primary N) is 1. The van der Waals surface area contributed by atoms with Crippen LogP contribution in [-0.4, -0.2) is 30.1 Å². The molecule has 4 N–H and O–H groups in total. The summed E-state index contributed by atoms with van der Waals surface area (Å²) in [5, 5.41) is 12.3. The third-order valence-electron chi connectivity index (χ3n) is 4.82. The fourth-order valence-corrected chi connectivity index (χ4v) is 3.17. The van der Waals surface area contributed by atoms with E-state index in [-0.39, 0.29) is 12.5 Å². The molecule has 1 unspecified atom stereocenters. The van der Waals surface area contributed by atoms with Crippen molar-refractivity contribution in [2.24, 2.45) is 17.1 Å². The molecule has 122 valence electrons. The van der Waals surface area contributed by atoms with E-state index in [9.17, 15) is 14.7 Å². The molecular weight excluding hydrogens is 268 g/mol. The minimum atomic E-state index is -0.767. The number of amides is 1. The van der Waals surface area contributed by atoms with Crippen molar-refractivity contribution in [3.8, 4) is 0 Å². The van der Waals surface area contributed by atoms with Gasteiger partial charge in [0.25, 0.3) is 0 Å². The summed E-state index contributed by atoms with van der Waals surface area (Å²) in [5.74, 6) is -0.308. The van der Waals surface area contributed by atoms with Crippen LogP contribution in [0.1, 0.15) is 64.7 Å². The van der Waals surface area contributed by atoms with Gasteiger partial charge in [0.1, 0.15) is 0 Å². The monoisotopic (exact) mass is 298 g/mol. The lowest BCUT2D eigenvalue weighted by Gasteiger charge is -2.33. The molecule has 0 aromatic rings. The Kier molecular flexibility index (Phi) is 7.72. The number of hydrogen-bond donors (Lipinski definition) is 3. The Hall–Kier alpha value is -1.10. The minimum Gasteiger partial charge on any atom is -0.481 e. The van der Waals surface area contributed by atoms with Gasteiger partial charge in [-0.2, -0.15) is 0 Å². The first-order valence-corrected chi connectivity index (χ1v) is 8.24. The summed E-state index contributed by atoms with van der Waals surface area (Å²) < 4.78 is 0. The van der Waals surface area contributed by atoms with Gasteiger partial charge >= 0.3 is 5.97 Å². The van der Waals surface area contributed by atoms with E-state index in [4.69, 9.17) is 5.73 Å². The molecule has 1 rings (SSSR count). The number of carboxylic acids is 1. The van der Waals surface area contributed by atoms with E-state index in [0.29, 0.717) is 31.7 Å². The van der Waals surface area contributed by atoms with E-state index < -0.39 is 11.4 Å². The van der Waals surface area contributed by atoms with Gasteiger partial charge in [0.05, 0.1) is 5.41 Å². The highest BCUT2D eigenvalue weighted by Crippen LogP contribution is 2.36. The Morgan fingerprint density at radius 1 is 1.24 bits per heavy atom. The molecule has 0 radical (unpaired) electrons. The van der Waals surface area contributed by atoms with Gasteiger partial charge in [0.2, 0.25) is 5.91 Å². The lowest BCUT2D eigenvalue weighted by atomic mass is 9.74. The molecular formula is C16H30N2O3. The van der Waals surface area contributed by atoms with Crippen molar-refractivity contribution in [3.63, 3.8) is 0 Å². The molecule has 1 atom stereocenters. The highest BCUT2D eigenvalue weighted by Gasteiger charge is 2.39. The van der Waals surface area contributed by atoms with E-state index in [1.165, 1.54) is 0 Å². The fourth-order valence-electron chi connectivity index (χ4n) is 3.17. The maximum atomic E-state index is 11.9. The minimum absolute atomic E-state index is 0.0309.